The number of carbonyl (C=O) groups excluding carboxylic acids is 2. The summed E-state index contributed by atoms with van der Waals surface area (Å²) in [5.41, 5.74) is 1.21. The van der Waals surface area contributed by atoms with Crippen LogP contribution in [-0.2, 0) is 4.79 Å². The highest BCUT2D eigenvalue weighted by molar-refractivity contribution is 7.80. The zero-order valence-electron chi connectivity index (χ0n) is 12.5. The molecule has 0 fully saturated rings. The molecule has 0 radical (unpaired) electrons. The molecule has 5 nitrogen and oxygen atoms in total. The van der Waals surface area contributed by atoms with Crippen LogP contribution in [0.25, 0.3) is 0 Å². The number of hydrogen-bond donors (Lipinski definition) is 3. The largest absolute Gasteiger partial charge is 0.350 e. The van der Waals surface area contributed by atoms with Crippen molar-refractivity contribution in [2.24, 2.45) is 0 Å². The predicted octanol–water partition coefficient (Wildman–Crippen LogP) is 2.44. The zero-order chi connectivity index (χ0) is 15.8. The topological polar surface area (TPSA) is 70.2 Å². The van der Waals surface area contributed by atoms with Gasteiger partial charge in [0, 0.05) is 23.7 Å². The molecule has 0 aliphatic rings. The van der Waals surface area contributed by atoms with Gasteiger partial charge in [-0.3, -0.25) is 9.59 Å². The first-order valence-corrected chi connectivity index (χ1v) is 7.38. The number of rotatable bonds is 5. The standard InChI is InChI=1S/C15H21N3O2S/c1-4-10(3)16-14(20)11-7-6-8-12(9-11)17-15(21)18-13(19)5-2/h6-10H,4-5H2,1-3H3,(H,16,20)(H2,17,18,19,21)/t10-/m1/s1. The molecule has 0 aromatic heterocycles. The van der Waals surface area contributed by atoms with Crippen LogP contribution in [0.1, 0.15) is 44.0 Å². The Hall–Kier alpha value is -1.95. The third kappa shape index (κ3) is 5.91. The van der Waals surface area contributed by atoms with Gasteiger partial charge in [-0.15, -0.1) is 0 Å². The first-order chi connectivity index (χ1) is 9.96. The van der Waals surface area contributed by atoms with E-state index in [0.717, 1.165) is 6.42 Å². The summed E-state index contributed by atoms with van der Waals surface area (Å²) in [6, 6.07) is 7.10. The smallest absolute Gasteiger partial charge is 0.251 e. The van der Waals surface area contributed by atoms with Gasteiger partial charge in [-0.2, -0.15) is 0 Å². The zero-order valence-corrected chi connectivity index (χ0v) is 13.3. The number of benzene rings is 1. The highest BCUT2D eigenvalue weighted by atomic mass is 32.1. The molecule has 1 atom stereocenters. The quantitative estimate of drug-likeness (QED) is 0.731. The maximum Gasteiger partial charge on any atom is 0.251 e. The highest BCUT2D eigenvalue weighted by Crippen LogP contribution is 2.11. The fourth-order valence-corrected chi connectivity index (χ4v) is 1.76. The van der Waals surface area contributed by atoms with Gasteiger partial charge < -0.3 is 16.0 Å². The maximum absolute atomic E-state index is 12.0. The highest BCUT2D eigenvalue weighted by Gasteiger charge is 2.09. The van der Waals surface area contributed by atoms with Crippen molar-refractivity contribution in [2.45, 2.75) is 39.7 Å². The second-order valence-corrected chi connectivity index (χ2v) is 5.13. The van der Waals surface area contributed by atoms with Crippen molar-refractivity contribution in [2.75, 3.05) is 5.32 Å². The fraction of sp³-hybridized carbons (Fsp3) is 0.400. The van der Waals surface area contributed by atoms with Crippen LogP contribution in [0.15, 0.2) is 24.3 Å². The number of carbonyl (C=O) groups is 2. The Kier molecular flexibility index (Phi) is 6.81. The Morgan fingerprint density at radius 2 is 2.00 bits per heavy atom. The molecule has 21 heavy (non-hydrogen) atoms. The molecule has 1 aromatic rings. The predicted molar refractivity (Wildman–Crippen MR) is 88.3 cm³/mol. The lowest BCUT2D eigenvalue weighted by Gasteiger charge is -2.13. The van der Waals surface area contributed by atoms with E-state index in [-0.39, 0.29) is 23.0 Å². The molecular weight excluding hydrogens is 286 g/mol. The van der Waals surface area contributed by atoms with Crippen LogP contribution in [-0.4, -0.2) is 23.0 Å². The first-order valence-electron chi connectivity index (χ1n) is 6.98. The van der Waals surface area contributed by atoms with Gasteiger partial charge in [0.2, 0.25) is 5.91 Å². The molecule has 0 saturated heterocycles. The minimum atomic E-state index is -0.154. The number of thiocarbonyl (C=S) groups is 1. The summed E-state index contributed by atoms with van der Waals surface area (Å²) in [6.07, 6.45) is 1.23. The van der Waals surface area contributed by atoms with E-state index >= 15 is 0 Å². The van der Waals surface area contributed by atoms with Gasteiger partial charge in [0.25, 0.3) is 5.91 Å². The molecule has 0 spiro atoms. The molecule has 0 saturated carbocycles. The Bertz CT molecular complexity index is 531. The maximum atomic E-state index is 12.0. The summed E-state index contributed by atoms with van der Waals surface area (Å²) in [5, 5.41) is 8.56. The van der Waals surface area contributed by atoms with Crippen LogP contribution in [0, 0.1) is 0 Å². The van der Waals surface area contributed by atoms with Crippen molar-refractivity contribution in [3.63, 3.8) is 0 Å². The van der Waals surface area contributed by atoms with Gasteiger partial charge in [-0.1, -0.05) is 19.9 Å². The Labute approximate surface area is 130 Å². The molecule has 0 unspecified atom stereocenters. The second-order valence-electron chi connectivity index (χ2n) is 4.72. The van der Waals surface area contributed by atoms with Gasteiger partial charge >= 0.3 is 0 Å². The molecule has 0 heterocycles. The van der Waals surface area contributed by atoms with E-state index in [0.29, 0.717) is 17.7 Å². The second kappa shape index (κ2) is 8.36. The Balaban J connectivity index is 2.70. The molecule has 1 rings (SSSR count). The fourth-order valence-electron chi connectivity index (χ4n) is 1.52. The van der Waals surface area contributed by atoms with Gasteiger partial charge in [-0.05, 0) is 43.8 Å². The monoisotopic (exact) mass is 307 g/mol. The van der Waals surface area contributed by atoms with Crippen LogP contribution in [0.2, 0.25) is 0 Å². The van der Waals surface area contributed by atoms with E-state index in [2.05, 4.69) is 16.0 Å². The van der Waals surface area contributed by atoms with Crippen LogP contribution in [0.3, 0.4) is 0 Å². The lowest BCUT2D eigenvalue weighted by atomic mass is 10.1. The summed E-state index contributed by atoms with van der Waals surface area (Å²) in [7, 11) is 0. The van der Waals surface area contributed by atoms with E-state index in [1.807, 2.05) is 13.8 Å². The summed E-state index contributed by atoms with van der Waals surface area (Å²) < 4.78 is 0. The van der Waals surface area contributed by atoms with Crippen molar-refractivity contribution < 1.29 is 9.59 Å². The first kappa shape index (κ1) is 17.1. The summed E-state index contributed by atoms with van der Waals surface area (Å²) in [5.74, 6) is -0.283. The third-order valence-corrected chi connectivity index (χ3v) is 3.15. The summed E-state index contributed by atoms with van der Waals surface area (Å²) in [4.78, 5) is 23.3. The lowest BCUT2D eigenvalue weighted by molar-refractivity contribution is -0.119. The Morgan fingerprint density at radius 1 is 1.29 bits per heavy atom. The number of amides is 2. The minimum Gasteiger partial charge on any atom is -0.350 e. The summed E-state index contributed by atoms with van der Waals surface area (Å²) >= 11 is 5.03. The van der Waals surface area contributed by atoms with Gasteiger partial charge in [-0.25, -0.2) is 0 Å². The van der Waals surface area contributed by atoms with Crippen LogP contribution < -0.4 is 16.0 Å². The van der Waals surface area contributed by atoms with Crippen molar-refractivity contribution in [3.8, 4) is 0 Å². The summed E-state index contributed by atoms with van der Waals surface area (Å²) in [6.45, 7) is 5.71. The van der Waals surface area contributed by atoms with Crippen molar-refractivity contribution in [1.82, 2.24) is 10.6 Å². The average Bonchev–Trinajstić information content (AvgIpc) is 2.46. The normalized spacial score (nSPS) is 11.4. The molecular formula is C15H21N3O2S. The van der Waals surface area contributed by atoms with E-state index in [1.165, 1.54) is 0 Å². The SMILES string of the molecule is CCC(=O)NC(=S)Nc1cccc(C(=O)N[C@H](C)CC)c1. The van der Waals surface area contributed by atoms with Crippen molar-refractivity contribution >= 4 is 34.8 Å². The number of hydrogen-bond acceptors (Lipinski definition) is 3. The van der Waals surface area contributed by atoms with Crippen LogP contribution >= 0.6 is 12.2 Å². The van der Waals surface area contributed by atoms with Gasteiger partial charge in [0.1, 0.15) is 0 Å². The van der Waals surface area contributed by atoms with E-state index in [9.17, 15) is 9.59 Å². The molecule has 114 valence electrons. The van der Waals surface area contributed by atoms with Gasteiger partial charge in [0.15, 0.2) is 5.11 Å². The molecule has 0 bridgehead atoms. The van der Waals surface area contributed by atoms with E-state index in [4.69, 9.17) is 12.2 Å². The van der Waals surface area contributed by atoms with Crippen LogP contribution in [0.4, 0.5) is 5.69 Å². The number of nitrogens with one attached hydrogen (secondary N) is 3. The molecule has 6 heteroatoms. The van der Waals surface area contributed by atoms with Gasteiger partial charge in [0.05, 0.1) is 0 Å². The lowest BCUT2D eigenvalue weighted by Crippen LogP contribution is -2.34. The molecule has 0 aliphatic heterocycles. The van der Waals surface area contributed by atoms with Crippen molar-refractivity contribution in [1.29, 1.82) is 0 Å². The van der Waals surface area contributed by atoms with Crippen LogP contribution in [0.5, 0.6) is 0 Å². The Morgan fingerprint density at radius 3 is 2.62 bits per heavy atom. The van der Waals surface area contributed by atoms with E-state index in [1.54, 1.807) is 31.2 Å². The van der Waals surface area contributed by atoms with Crippen molar-refractivity contribution in [3.05, 3.63) is 29.8 Å². The third-order valence-electron chi connectivity index (χ3n) is 2.95. The van der Waals surface area contributed by atoms with E-state index < -0.39 is 0 Å². The average molecular weight is 307 g/mol. The molecule has 0 aliphatic carbocycles. The molecule has 1 aromatic carbocycles. The minimum absolute atomic E-state index is 0.124. The molecule has 3 N–H and O–H groups in total. The molecule has 2 amide bonds. The number of anilines is 1.